The van der Waals surface area contributed by atoms with Crippen molar-refractivity contribution in [2.75, 3.05) is 13.6 Å². The van der Waals surface area contributed by atoms with Crippen molar-refractivity contribution in [3.63, 3.8) is 0 Å². The van der Waals surface area contributed by atoms with Gasteiger partial charge in [0.25, 0.3) is 0 Å². The summed E-state index contributed by atoms with van der Waals surface area (Å²) in [6.45, 7) is 1.18. The summed E-state index contributed by atoms with van der Waals surface area (Å²) in [5, 5.41) is 8.01. The summed E-state index contributed by atoms with van der Waals surface area (Å²) in [6, 6.07) is 0.484. The van der Waals surface area contributed by atoms with Gasteiger partial charge in [-0.3, -0.25) is 4.90 Å². The quantitative estimate of drug-likeness (QED) is 0.612. The molecule has 1 aliphatic heterocycles. The van der Waals surface area contributed by atoms with Crippen LogP contribution in [0.1, 0.15) is 24.7 Å². The van der Waals surface area contributed by atoms with E-state index in [1.807, 2.05) is 11.6 Å². The van der Waals surface area contributed by atoms with Gasteiger partial charge in [0.2, 0.25) is 0 Å². The van der Waals surface area contributed by atoms with Crippen LogP contribution in [-0.2, 0) is 7.05 Å². The lowest BCUT2D eigenvalue weighted by atomic mass is 10.2. The van der Waals surface area contributed by atoms with E-state index in [0.29, 0.717) is 6.04 Å². The summed E-state index contributed by atoms with van der Waals surface area (Å²) in [7, 11) is 4.15. The second kappa shape index (κ2) is 2.86. The molecule has 66 valence electrons. The van der Waals surface area contributed by atoms with E-state index >= 15 is 0 Å². The Hall–Kier alpha value is -0.900. The summed E-state index contributed by atoms with van der Waals surface area (Å²) >= 11 is 0. The molecule has 0 N–H and O–H groups in total. The van der Waals surface area contributed by atoms with Gasteiger partial charge >= 0.3 is 0 Å². The van der Waals surface area contributed by atoms with Gasteiger partial charge in [0.05, 0.1) is 6.04 Å². The molecule has 1 fully saturated rings. The fourth-order valence-electron chi connectivity index (χ4n) is 1.83. The molecule has 4 nitrogen and oxygen atoms in total. The van der Waals surface area contributed by atoms with Crippen LogP contribution in [0.4, 0.5) is 0 Å². The van der Waals surface area contributed by atoms with E-state index in [4.69, 9.17) is 0 Å². The topological polar surface area (TPSA) is 34.0 Å². The van der Waals surface area contributed by atoms with E-state index in [0.717, 1.165) is 5.82 Å². The number of nitrogens with zero attached hydrogens (tertiary/aromatic N) is 4. The molecule has 0 unspecified atom stereocenters. The first-order chi connectivity index (χ1) is 5.79. The van der Waals surface area contributed by atoms with Gasteiger partial charge in [-0.25, -0.2) is 0 Å². The van der Waals surface area contributed by atoms with Gasteiger partial charge in [-0.05, 0) is 26.4 Å². The minimum absolute atomic E-state index is 0.484. The Balaban J connectivity index is 2.24. The molecule has 1 aromatic heterocycles. The molecule has 4 heteroatoms. The Labute approximate surface area is 72.2 Å². The van der Waals surface area contributed by atoms with Crippen molar-refractivity contribution in [3.8, 4) is 0 Å². The van der Waals surface area contributed by atoms with E-state index in [9.17, 15) is 0 Å². The van der Waals surface area contributed by atoms with E-state index in [1.54, 1.807) is 6.33 Å². The first-order valence-electron chi connectivity index (χ1n) is 4.33. The van der Waals surface area contributed by atoms with Gasteiger partial charge in [0, 0.05) is 7.05 Å². The SMILES string of the molecule is CN1CCC[C@@H]1c1nncn1C. The first kappa shape index (κ1) is 7.73. The highest BCUT2D eigenvalue weighted by atomic mass is 15.3. The van der Waals surface area contributed by atoms with Crippen LogP contribution in [0.25, 0.3) is 0 Å². The zero-order valence-corrected chi connectivity index (χ0v) is 7.56. The molecule has 0 bridgehead atoms. The molecular weight excluding hydrogens is 152 g/mol. The predicted molar refractivity (Wildman–Crippen MR) is 45.6 cm³/mol. The maximum atomic E-state index is 4.12. The van der Waals surface area contributed by atoms with E-state index in [-0.39, 0.29) is 0 Å². The number of aromatic nitrogens is 3. The molecular formula is C8H14N4. The number of hydrogen-bond acceptors (Lipinski definition) is 3. The van der Waals surface area contributed by atoms with E-state index in [1.165, 1.54) is 19.4 Å². The van der Waals surface area contributed by atoms with Gasteiger partial charge in [-0.2, -0.15) is 0 Å². The Morgan fingerprint density at radius 2 is 2.33 bits per heavy atom. The third-order valence-corrected chi connectivity index (χ3v) is 2.56. The smallest absolute Gasteiger partial charge is 0.149 e. The summed E-state index contributed by atoms with van der Waals surface area (Å²) in [6.07, 6.45) is 4.25. The zero-order chi connectivity index (χ0) is 8.55. The number of aryl methyl sites for hydroxylation is 1. The molecule has 0 spiro atoms. The molecule has 1 aliphatic rings. The zero-order valence-electron chi connectivity index (χ0n) is 7.56. The van der Waals surface area contributed by atoms with Gasteiger partial charge in [-0.1, -0.05) is 0 Å². The average molecular weight is 166 g/mol. The molecule has 1 aromatic rings. The van der Waals surface area contributed by atoms with Crippen LogP contribution in [0.3, 0.4) is 0 Å². The average Bonchev–Trinajstić information content (AvgIpc) is 2.59. The molecule has 0 aliphatic carbocycles. The monoisotopic (exact) mass is 166 g/mol. The third kappa shape index (κ3) is 1.12. The Morgan fingerprint density at radius 3 is 2.83 bits per heavy atom. The molecule has 1 atom stereocenters. The molecule has 12 heavy (non-hydrogen) atoms. The van der Waals surface area contributed by atoms with Gasteiger partial charge in [0.1, 0.15) is 12.2 Å². The van der Waals surface area contributed by atoms with Crippen LogP contribution in [0.5, 0.6) is 0 Å². The van der Waals surface area contributed by atoms with Gasteiger partial charge in [-0.15, -0.1) is 10.2 Å². The summed E-state index contributed by atoms with van der Waals surface area (Å²) in [4.78, 5) is 2.34. The van der Waals surface area contributed by atoms with Crippen molar-refractivity contribution in [2.45, 2.75) is 18.9 Å². The highest BCUT2D eigenvalue weighted by Crippen LogP contribution is 2.27. The highest BCUT2D eigenvalue weighted by molar-refractivity contribution is 4.97. The van der Waals surface area contributed by atoms with Crippen molar-refractivity contribution < 1.29 is 0 Å². The Kier molecular flexibility index (Phi) is 1.84. The molecule has 2 heterocycles. The predicted octanol–water partition coefficient (Wildman–Crippen LogP) is 0.582. The van der Waals surface area contributed by atoms with Crippen LogP contribution < -0.4 is 0 Å². The van der Waals surface area contributed by atoms with Gasteiger partial charge in [0.15, 0.2) is 0 Å². The molecule has 0 radical (unpaired) electrons. The van der Waals surface area contributed by atoms with Crippen molar-refractivity contribution >= 4 is 0 Å². The lowest BCUT2D eigenvalue weighted by molar-refractivity contribution is 0.300. The lowest BCUT2D eigenvalue weighted by Crippen LogP contribution is -2.20. The van der Waals surface area contributed by atoms with Crippen LogP contribution >= 0.6 is 0 Å². The molecule has 2 rings (SSSR count). The second-order valence-corrected chi connectivity index (χ2v) is 3.44. The minimum atomic E-state index is 0.484. The van der Waals surface area contributed by atoms with E-state index < -0.39 is 0 Å². The second-order valence-electron chi connectivity index (χ2n) is 3.44. The maximum absolute atomic E-state index is 4.12. The number of likely N-dealkylation sites (tertiary alicyclic amines) is 1. The Morgan fingerprint density at radius 1 is 1.50 bits per heavy atom. The van der Waals surface area contributed by atoms with E-state index in [2.05, 4.69) is 22.1 Å². The fourth-order valence-corrected chi connectivity index (χ4v) is 1.83. The standard InChI is InChI=1S/C8H14N4/c1-11-5-3-4-7(11)8-10-9-6-12(8)2/h6-7H,3-5H2,1-2H3/t7-/m1/s1. The van der Waals surface area contributed by atoms with Gasteiger partial charge < -0.3 is 4.57 Å². The summed E-state index contributed by atoms with van der Waals surface area (Å²) in [5.74, 6) is 1.09. The normalized spacial score (nSPS) is 25.0. The third-order valence-electron chi connectivity index (χ3n) is 2.56. The van der Waals surface area contributed by atoms with Crippen LogP contribution in [-0.4, -0.2) is 33.3 Å². The van der Waals surface area contributed by atoms with Crippen LogP contribution in [0.15, 0.2) is 6.33 Å². The molecule has 0 aromatic carbocycles. The Bertz CT molecular complexity index is 268. The minimum Gasteiger partial charge on any atom is -0.319 e. The van der Waals surface area contributed by atoms with Crippen molar-refractivity contribution in [2.24, 2.45) is 7.05 Å². The van der Waals surface area contributed by atoms with Crippen molar-refractivity contribution in [1.29, 1.82) is 0 Å². The van der Waals surface area contributed by atoms with Crippen LogP contribution in [0, 0.1) is 0 Å². The number of rotatable bonds is 1. The fraction of sp³-hybridized carbons (Fsp3) is 0.750. The molecule has 0 amide bonds. The lowest BCUT2D eigenvalue weighted by Gasteiger charge is -2.17. The summed E-state index contributed by atoms with van der Waals surface area (Å²) in [5.41, 5.74) is 0. The first-order valence-corrected chi connectivity index (χ1v) is 4.33. The molecule has 1 saturated heterocycles. The molecule has 0 saturated carbocycles. The maximum Gasteiger partial charge on any atom is 0.149 e. The summed E-state index contributed by atoms with van der Waals surface area (Å²) < 4.78 is 2.01. The van der Waals surface area contributed by atoms with Crippen molar-refractivity contribution in [3.05, 3.63) is 12.2 Å². The van der Waals surface area contributed by atoms with Crippen LogP contribution in [0.2, 0.25) is 0 Å². The van der Waals surface area contributed by atoms with Crippen molar-refractivity contribution in [1.82, 2.24) is 19.7 Å². The largest absolute Gasteiger partial charge is 0.319 e. The highest BCUT2D eigenvalue weighted by Gasteiger charge is 2.25. The number of hydrogen-bond donors (Lipinski definition) is 0.